The molecule has 1 aromatic carbocycles. The van der Waals surface area contributed by atoms with Gasteiger partial charge in [0.1, 0.15) is 6.10 Å². The van der Waals surface area contributed by atoms with E-state index in [9.17, 15) is 10.1 Å². The van der Waals surface area contributed by atoms with Crippen molar-refractivity contribution in [1.29, 1.82) is 0 Å². The molecular formula is C8H9NO3. The van der Waals surface area contributed by atoms with Crippen LogP contribution in [0.5, 0.6) is 0 Å². The Hall–Kier alpha value is -1.58. The first-order valence-electron chi connectivity index (χ1n) is 3.56. The molecule has 0 saturated carbocycles. The normalized spacial score (nSPS) is 12.1. The zero-order valence-corrected chi connectivity index (χ0v) is 6.64. The molecule has 4 heteroatoms. The molecule has 64 valence electrons. The Morgan fingerprint density at radius 2 is 2.00 bits per heavy atom. The van der Waals surface area contributed by atoms with Crippen LogP contribution >= 0.6 is 0 Å². The van der Waals surface area contributed by atoms with Gasteiger partial charge < -0.3 is 4.84 Å². The second kappa shape index (κ2) is 3.71. The van der Waals surface area contributed by atoms with Crippen LogP contribution in [0.4, 0.5) is 0 Å². The number of rotatable bonds is 3. The molecule has 0 amide bonds. The number of benzene rings is 1. The van der Waals surface area contributed by atoms with Gasteiger partial charge in [-0.25, -0.2) is 0 Å². The Morgan fingerprint density at radius 1 is 1.42 bits per heavy atom. The second-order valence-corrected chi connectivity index (χ2v) is 2.38. The summed E-state index contributed by atoms with van der Waals surface area (Å²) in [4.78, 5) is 14.3. The smallest absolute Gasteiger partial charge is 0.295 e. The molecule has 0 aliphatic heterocycles. The predicted octanol–water partition coefficient (Wildman–Crippen LogP) is 1.96. The maximum Gasteiger partial charge on any atom is 0.295 e. The van der Waals surface area contributed by atoms with E-state index in [0.717, 1.165) is 5.56 Å². The van der Waals surface area contributed by atoms with Crippen molar-refractivity contribution in [2.45, 2.75) is 13.0 Å². The van der Waals surface area contributed by atoms with Gasteiger partial charge in [-0.3, -0.25) is 0 Å². The molecule has 0 N–H and O–H groups in total. The maximum atomic E-state index is 9.97. The molecule has 0 saturated heterocycles. The molecule has 0 aliphatic rings. The van der Waals surface area contributed by atoms with Gasteiger partial charge in [0.15, 0.2) is 0 Å². The SMILES string of the molecule is C[C@H](O[N+](=O)[O-])c1ccccc1. The summed E-state index contributed by atoms with van der Waals surface area (Å²) in [6.45, 7) is 1.64. The van der Waals surface area contributed by atoms with Crippen LogP contribution in [-0.2, 0) is 4.84 Å². The summed E-state index contributed by atoms with van der Waals surface area (Å²) in [5.41, 5.74) is 0.800. The average Bonchev–Trinajstić information content (AvgIpc) is 2.05. The van der Waals surface area contributed by atoms with Crippen LogP contribution in [0.1, 0.15) is 18.6 Å². The van der Waals surface area contributed by atoms with E-state index in [4.69, 9.17) is 0 Å². The number of hydrogen-bond acceptors (Lipinski definition) is 3. The van der Waals surface area contributed by atoms with E-state index >= 15 is 0 Å². The van der Waals surface area contributed by atoms with Crippen molar-refractivity contribution in [2.75, 3.05) is 0 Å². The molecule has 0 aliphatic carbocycles. The molecular weight excluding hydrogens is 158 g/mol. The molecule has 4 nitrogen and oxygen atoms in total. The van der Waals surface area contributed by atoms with Crippen LogP contribution in [0.15, 0.2) is 30.3 Å². The number of hydrogen-bond donors (Lipinski definition) is 0. The van der Waals surface area contributed by atoms with Gasteiger partial charge in [0.2, 0.25) is 0 Å². The summed E-state index contributed by atoms with van der Waals surface area (Å²) in [6, 6.07) is 9.05. The Bertz CT molecular complexity index is 260. The topological polar surface area (TPSA) is 52.4 Å². The summed E-state index contributed by atoms with van der Waals surface area (Å²) in [5.74, 6) is 0. The highest BCUT2D eigenvalue weighted by molar-refractivity contribution is 5.16. The fourth-order valence-electron chi connectivity index (χ4n) is 0.914. The molecule has 1 atom stereocenters. The average molecular weight is 167 g/mol. The molecule has 0 bridgehead atoms. The van der Waals surface area contributed by atoms with Gasteiger partial charge in [-0.15, -0.1) is 10.1 Å². The molecule has 1 aromatic rings. The summed E-state index contributed by atoms with van der Waals surface area (Å²) in [6.07, 6.45) is -0.499. The largest absolute Gasteiger partial charge is 0.306 e. The number of nitrogens with zero attached hydrogens (tertiary/aromatic N) is 1. The van der Waals surface area contributed by atoms with E-state index in [0.29, 0.717) is 0 Å². The minimum Gasteiger partial charge on any atom is -0.306 e. The van der Waals surface area contributed by atoms with Crippen LogP contribution in [0, 0.1) is 10.1 Å². The van der Waals surface area contributed by atoms with Crippen molar-refractivity contribution in [3.05, 3.63) is 46.0 Å². The minimum absolute atomic E-state index is 0.499. The fourth-order valence-corrected chi connectivity index (χ4v) is 0.914. The van der Waals surface area contributed by atoms with Crippen LogP contribution in [0.3, 0.4) is 0 Å². The standard InChI is InChI=1S/C8H9NO3/c1-7(12-9(10)11)8-5-3-2-4-6-8/h2-7H,1H3/t7-/m0/s1. The molecule has 0 aromatic heterocycles. The van der Waals surface area contributed by atoms with E-state index in [1.165, 1.54) is 0 Å². The summed E-state index contributed by atoms with van der Waals surface area (Å²) >= 11 is 0. The lowest BCUT2D eigenvalue weighted by molar-refractivity contribution is -0.770. The van der Waals surface area contributed by atoms with Gasteiger partial charge in [0, 0.05) is 0 Å². The van der Waals surface area contributed by atoms with Crippen LogP contribution in [0.2, 0.25) is 0 Å². The van der Waals surface area contributed by atoms with Gasteiger partial charge in [-0.05, 0) is 12.5 Å². The van der Waals surface area contributed by atoms with Gasteiger partial charge in [0.05, 0.1) is 0 Å². The zero-order valence-electron chi connectivity index (χ0n) is 6.64. The molecule has 0 heterocycles. The van der Waals surface area contributed by atoms with Crippen LogP contribution in [-0.4, -0.2) is 5.09 Å². The van der Waals surface area contributed by atoms with Crippen molar-refractivity contribution >= 4 is 0 Å². The third kappa shape index (κ3) is 2.23. The quantitative estimate of drug-likeness (QED) is 0.510. The van der Waals surface area contributed by atoms with Crippen molar-refractivity contribution in [1.82, 2.24) is 0 Å². The minimum atomic E-state index is -0.780. The summed E-state index contributed by atoms with van der Waals surface area (Å²) in [7, 11) is 0. The molecule has 0 spiro atoms. The highest BCUT2D eigenvalue weighted by atomic mass is 17.0. The van der Waals surface area contributed by atoms with Crippen LogP contribution < -0.4 is 0 Å². The molecule has 0 radical (unpaired) electrons. The monoisotopic (exact) mass is 167 g/mol. The third-order valence-electron chi connectivity index (χ3n) is 1.51. The van der Waals surface area contributed by atoms with Gasteiger partial charge in [0.25, 0.3) is 5.09 Å². The first-order valence-corrected chi connectivity index (χ1v) is 3.56. The van der Waals surface area contributed by atoms with E-state index in [-0.39, 0.29) is 0 Å². The van der Waals surface area contributed by atoms with E-state index in [1.807, 2.05) is 18.2 Å². The van der Waals surface area contributed by atoms with Crippen molar-refractivity contribution < 1.29 is 9.92 Å². The lowest BCUT2D eigenvalue weighted by Crippen LogP contribution is -2.05. The van der Waals surface area contributed by atoms with E-state index in [2.05, 4.69) is 4.84 Å². The lowest BCUT2D eigenvalue weighted by Gasteiger charge is -2.07. The van der Waals surface area contributed by atoms with Crippen molar-refractivity contribution in [3.8, 4) is 0 Å². The van der Waals surface area contributed by atoms with E-state index in [1.54, 1.807) is 19.1 Å². The van der Waals surface area contributed by atoms with E-state index < -0.39 is 11.2 Å². The van der Waals surface area contributed by atoms with Crippen LogP contribution in [0.25, 0.3) is 0 Å². The summed E-state index contributed by atoms with van der Waals surface area (Å²) in [5, 5.41) is 9.19. The Morgan fingerprint density at radius 3 is 2.50 bits per heavy atom. The molecule has 1 rings (SSSR count). The van der Waals surface area contributed by atoms with Crippen molar-refractivity contribution in [2.24, 2.45) is 0 Å². The first-order chi connectivity index (χ1) is 5.70. The fraction of sp³-hybridized carbons (Fsp3) is 0.250. The van der Waals surface area contributed by atoms with Crippen molar-refractivity contribution in [3.63, 3.8) is 0 Å². The Labute approximate surface area is 69.9 Å². The highest BCUT2D eigenvalue weighted by Crippen LogP contribution is 2.15. The summed E-state index contributed by atoms with van der Waals surface area (Å²) < 4.78 is 0. The Kier molecular flexibility index (Phi) is 2.63. The molecule has 0 fully saturated rings. The van der Waals surface area contributed by atoms with Gasteiger partial charge in [-0.1, -0.05) is 30.3 Å². The van der Waals surface area contributed by atoms with Gasteiger partial charge in [-0.2, -0.15) is 0 Å². The molecule has 0 unspecified atom stereocenters. The molecule has 12 heavy (non-hydrogen) atoms. The zero-order chi connectivity index (χ0) is 8.97. The first kappa shape index (κ1) is 8.52. The maximum absolute atomic E-state index is 9.97. The van der Waals surface area contributed by atoms with Gasteiger partial charge >= 0.3 is 0 Å². The second-order valence-electron chi connectivity index (χ2n) is 2.38. The third-order valence-corrected chi connectivity index (χ3v) is 1.51. The Balaban J connectivity index is 2.65. The highest BCUT2D eigenvalue weighted by Gasteiger charge is 2.07. The lowest BCUT2D eigenvalue weighted by atomic mass is 10.1. The predicted molar refractivity (Wildman–Crippen MR) is 42.9 cm³/mol.